The van der Waals surface area contributed by atoms with Crippen molar-refractivity contribution in [1.82, 2.24) is 29.7 Å². The number of amides is 3. The number of carbonyl (C=O) groups excluding carboxylic acids is 3. The molecule has 3 aromatic heterocycles. The minimum atomic E-state index is -0.460. The van der Waals surface area contributed by atoms with Crippen LogP contribution in [0.25, 0.3) is 61.3 Å². The van der Waals surface area contributed by atoms with E-state index in [0.29, 0.717) is 39.3 Å². The summed E-state index contributed by atoms with van der Waals surface area (Å²) in [6, 6.07) is 32.7. The zero-order valence-corrected chi connectivity index (χ0v) is 65.5. The Hall–Kier alpha value is -5.22. The number of fused-ring (bicyclic) bond motifs is 6. The van der Waals surface area contributed by atoms with Crippen molar-refractivity contribution in [2.24, 2.45) is 0 Å². The molecule has 3 aliphatic heterocycles. The summed E-state index contributed by atoms with van der Waals surface area (Å²) in [5.41, 5.74) is 16.4. The summed E-state index contributed by atoms with van der Waals surface area (Å²) in [5.74, 6) is 0. The molecule has 93 heavy (non-hydrogen) atoms. The summed E-state index contributed by atoms with van der Waals surface area (Å²) in [5, 5.41) is 0. The fourth-order valence-corrected chi connectivity index (χ4v) is 15.0. The minimum absolute atomic E-state index is 0. The average Bonchev–Trinajstić information content (AvgIpc) is 0.788. The van der Waals surface area contributed by atoms with E-state index in [9.17, 15) is 14.4 Å². The van der Waals surface area contributed by atoms with Gasteiger partial charge in [-0.25, -0.2) is 29.3 Å². The van der Waals surface area contributed by atoms with Crippen LogP contribution in [0.1, 0.15) is 116 Å². The first-order chi connectivity index (χ1) is 42.7. The predicted molar refractivity (Wildman–Crippen MR) is 377 cm³/mol. The molecule has 3 amide bonds. The summed E-state index contributed by atoms with van der Waals surface area (Å²) in [4.78, 5) is 64.7. The van der Waals surface area contributed by atoms with Gasteiger partial charge in [-0.1, -0.05) is 57.2 Å². The Kier molecular flexibility index (Phi) is 25.7. The van der Waals surface area contributed by atoms with Crippen molar-refractivity contribution in [3.05, 3.63) is 124 Å². The lowest BCUT2D eigenvalue weighted by Crippen LogP contribution is -3.00. The van der Waals surface area contributed by atoms with Crippen molar-refractivity contribution in [2.75, 3.05) is 93.2 Å². The van der Waals surface area contributed by atoms with Gasteiger partial charge in [0.1, 0.15) is 49.9 Å². The topological polar surface area (TPSA) is 137 Å². The molecule has 9 aromatic rings. The zero-order chi connectivity index (χ0) is 64.4. The van der Waals surface area contributed by atoms with Crippen molar-refractivity contribution in [3.63, 3.8) is 0 Å². The van der Waals surface area contributed by atoms with Gasteiger partial charge in [0.2, 0.25) is 34.0 Å². The molecule has 0 N–H and O–H groups in total. The van der Waals surface area contributed by atoms with Crippen LogP contribution in [0.3, 0.4) is 0 Å². The minimum Gasteiger partial charge on any atom is -1.00 e. The van der Waals surface area contributed by atoms with E-state index in [2.05, 4.69) is 147 Å². The van der Waals surface area contributed by atoms with Gasteiger partial charge < -0.3 is 116 Å². The van der Waals surface area contributed by atoms with Crippen LogP contribution in [-0.2, 0) is 33.5 Å². The van der Waals surface area contributed by atoms with Crippen molar-refractivity contribution in [2.45, 2.75) is 140 Å². The van der Waals surface area contributed by atoms with Gasteiger partial charge >= 0.3 is 18.3 Å². The van der Waals surface area contributed by atoms with Crippen LogP contribution in [0.15, 0.2) is 91.0 Å². The quantitative estimate of drug-likeness (QED) is 0.0691. The van der Waals surface area contributed by atoms with Crippen LogP contribution in [0, 0.1) is 20.8 Å². The maximum absolute atomic E-state index is 12.4. The summed E-state index contributed by atoms with van der Waals surface area (Å²) in [7, 11) is 0. The fraction of sp³-hybridized carbons (Fsp3) is 0.458. The third kappa shape index (κ3) is 18.5. The van der Waals surface area contributed by atoms with E-state index >= 15 is 0 Å². The Bertz CT molecular complexity index is 3740. The Morgan fingerprint density at radius 3 is 0.817 bits per heavy atom. The highest BCUT2D eigenvalue weighted by Gasteiger charge is 2.32. The normalized spacial score (nSPS) is 14.6. The molecule has 15 nitrogen and oxygen atoms in total. The first kappa shape index (κ1) is 75.2. The number of nitrogens with zero attached hydrogens (tertiary/aromatic N) is 9. The molecule has 21 heteroatoms. The van der Waals surface area contributed by atoms with E-state index in [4.69, 9.17) is 29.2 Å². The van der Waals surface area contributed by atoms with Gasteiger partial charge in [-0.15, -0.1) is 0 Å². The first-order valence-corrected chi connectivity index (χ1v) is 34.4. The molecule has 12 rings (SSSR count). The molecule has 0 aliphatic carbocycles. The van der Waals surface area contributed by atoms with Gasteiger partial charge in [-0.3, -0.25) is 0 Å². The third-order valence-electron chi connectivity index (χ3n) is 16.4. The molecule has 0 spiro atoms. The molecule has 0 bridgehead atoms. The van der Waals surface area contributed by atoms with E-state index < -0.39 is 16.8 Å². The number of piperazine rings is 3. The van der Waals surface area contributed by atoms with Crippen LogP contribution in [0.4, 0.5) is 31.4 Å². The Labute approximate surface area is 612 Å². The fourth-order valence-electron chi connectivity index (χ4n) is 11.6. The molecule has 6 heterocycles. The number of hydrogen-bond donors (Lipinski definition) is 0. The number of aryl methyl sites for hydroxylation is 6. The van der Waals surface area contributed by atoms with E-state index in [1.807, 2.05) is 111 Å². The molecule has 3 saturated heterocycles. The third-order valence-corrected chi connectivity index (χ3v) is 19.6. The van der Waals surface area contributed by atoms with Crippen molar-refractivity contribution in [3.8, 4) is 0 Å². The molecule has 0 atom stereocenters. The molecule has 0 unspecified atom stereocenters. The highest BCUT2D eigenvalue weighted by molar-refractivity contribution is 7.25. The number of benzene rings is 6. The number of ether oxygens (including phenoxy) is 3. The molecule has 0 saturated carbocycles. The Morgan fingerprint density at radius 2 is 0.602 bits per heavy atom. The summed E-state index contributed by atoms with van der Waals surface area (Å²) < 4.78 is 23.9. The van der Waals surface area contributed by atoms with Crippen LogP contribution < -0.4 is 86.6 Å². The zero-order valence-electron chi connectivity index (χ0n) is 56.6. The lowest BCUT2D eigenvalue weighted by atomic mass is 10.1. The van der Waals surface area contributed by atoms with Crippen molar-refractivity contribution in [1.29, 1.82) is 0 Å². The summed E-state index contributed by atoms with van der Waals surface area (Å²) in [6.45, 7) is 39.0. The van der Waals surface area contributed by atoms with E-state index in [-0.39, 0.29) is 90.2 Å². The highest BCUT2D eigenvalue weighted by Crippen LogP contribution is 2.37. The van der Waals surface area contributed by atoms with Crippen molar-refractivity contribution >= 4 is 131 Å². The standard InChI is InChI=1S/3C24H30N3O2S.3HI/c3*1-6-17-14-18(26-10-12-27(13-11-26)23(28)29-24(3,4)5)15-20-22(17)25-21-16(2)8-7-9-19(21)30-20;;;/h3*7-9,14-15H,6,10-13H2,1-5H3;3*1H/q3*+1;;;/p-3. The lowest BCUT2D eigenvalue weighted by molar-refractivity contribution is -0.00100. The van der Waals surface area contributed by atoms with Crippen LogP contribution >= 0.6 is 34.0 Å². The first-order valence-electron chi connectivity index (χ1n) is 31.9. The van der Waals surface area contributed by atoms with E-state index in [1.165, 1.54) is 78.6 Å². The molecule has 0 radical (unpaired) electrons. The number of anilines is 3. The number of halogens is 3. The second-order valence-electron chi connectivity index (χ2n) is 26.7. The average molecular weight is 1650 g/mol. The SMILES string of the molecule is CCc1cc(N2CCN(C(=O)OC(C)(C)C)CC2)cc2[s+]c3cccc(C)c3nc12.CCc1cc(N2CCN(C(=O)OC(C)(C)C)CC2)cc2[s+]c3cccc(C)c3nc12.CCc1cc(N2CCN(C(=O)OC(C)(C)C)CC2)cc2[s+]c3cccc(C)c3nc12.[I-].[I-].[I-]. The van der Waals surface area contributed by atoms with Gasteiger partial charge in [-0.05, 0) is 154 Å². The summed E-state index contributed by atoms with van der Waals surface area (Å²) in [6.07, 6.45) is 2.17. The Balaban J connectivity index is 0.000000194. The van der Waals surface area contributed by atoms with Crippen molar-refractivity contribution < 1.29 is 101 Å². The van der Waals surface area contributed by atoms with Gasteiger partial charge in [0.15, 0.2) is 0 Å². The van der Waals surface area contributed by atoms with Gasteiger partial charge in [-0.2, -0.15) is 0 Å². The van der Waals surface area contributed by atoms with Crippen LogP contribution in [0.2, 0.25) is 0 Å². The van der Waals surface area contributed by atoms with E-state index in [1.54, 1.807) is 0 Å². The number of aromatic nitrogens is 3. The number of hydrogen-bond acceptors (Lipinski definition) is 12. The molecule has 3 aliphatic rings. The lowest BCUT2D eigenvalue weighted by Gasteiger charge is -2.36. The molecule has 3 fully saturated rings. The highest BCUT2D eigenvalue weighted by atomic mass is 127. The second-order valence-corrected chi connectivity index (χ2v) is 29.9. The maximum Gasteiger partial charge on any atom is 0.410 e. The second kappa shape index (κ2) is 31.8. The van der Waals surface area contributed by atoms with Crippen LogP contribution in [0.5, 0.6) is 0 Å². The number of carbonyl (C=O) groups is 3. The van der Waals surface area contributed by atoms with Crippen LogP contribution in [-0.4, -0.2) is 143 Å². The smallest absolute Gasteiger partial charge is 0.410 e. The van der Waals surface area contributed by atoms with Gasteiger partial charge in [0.05, 0.1) is 0 Å². The number of rotatable bonds is 6. The Morgan fingerprint density at radius 1 is 0.366 bits per heavy atom. The van der Waals surface area contributed by atoms with E-state index in [0.717, 1.165) is 91.6 Å². The molecule has 6 aromatic carbocycles. The molecular weight excluding hydrogens is 1560 g/mol. The predicted octanol–water partition coefficient (Wildman–Crippen LogP) is 7.99. The van der Waals surface area contributed by atoms with Gasteiger partial charge in [0.25, 0.3) is 28.2 Å². The molecular formula is C72H90I3N9O6S3. The molecule has 498 valence electrons. The largest absolute Gasteiger partial charge is 1.00 e. The number of para-hydroxylation sites is 3. The maximum atomic E-state index is 12.4. The summed E-state index contributed by atoms with van der Waals surface area (Å²) >= 11 is 5.43. The van der Waals surface area contributed by atoms with Gasteiger partial charge in [0, 0.05) is 132 Å². The monoisotopic (exact) mass is 1650 g/mol.